The van der Waals surface area contributed by atoms with Crippen LogP contribution in [0.5, 0.6) is 5.75 Å². The molecule has 3 nitrogen and oxygen atoms in total. The molecule has 1 aliphatic rings. The minimum Gasteiger partial charge on any atom is -0.497 e. The van der Waals surface area contributed by atoms with Gasteiger partial charge in [-0.05, 0) is 30.5 Å². The Kier molecular flexibility index (Phi) is 3.69. The smallest absolute Gasteiger partial charge is 0.118 e. The van der Waals surface area contributed by atoms with Gasteiger partial charge < -0.3 is 14.6 Å². The lowest BCUT2D eigenvalue weighted by molar-refractivity contribution is -0.130. The van der Waals surface area contributed by atoms with E-state index in [9.17, 15) is 5.11 Å². The van der Waals surface area contributed by atoms with Gasteiger partial charge in [-0.25, -0.2) is 0 Å². The largest absolute Gasteiger partial charge is 0.497 e. The molecule has 0 heterocycles. The van der Waals surface area contributed by atoms with Gasteiger partial charge in [0.2, 0.25) is 0 Å². The molecule has 0 saturated heterocycles. The number of methoxy groups -OCH3 is 2. The second-order valence-electron chi connectivity index (χ2n) is 4.84. The van der Waals surface area contributed by atoms with Crippen molar-refractivity contribution in [1.29, 1.82) is 0 Å². The zero-order valence-electron chi connectivity index (χ0n) is 10.5. The van der Waals surface area contributed by atoms with E-state index in [-0.39, 0.29) is 6.10 Å². The summed E-state index contributed by atoms with van der Waals surface area (Å²) in [6.07, 6.45) is 3.48. The molecular formula is C14H20O3. The van der Waals surface area contributed by atoms with E-state index < -0.39 is 5.60 Å². The zero-order chi connectivity index (χ0) is 12.3. The highest BCUT2D eigenvalue weighted by Gasteiger charge is 2.42. The van der Waals surface area contributed by atoms with E-state index in [0.29, 0.717) is 0 Å². The number of rotatable bonds is 5. The molecule has 1 aromatic rings. The summed E-state index contributed by atoms with van der Waals surface area (Å²) < 4.78 is 10.3. The number of ether oxygens (including phenoxy) is 2. The van der Waals surface area contributed by atoms with E-state index in [2.05, 4.69) is 12.1 Å². The first kappa shape index (κ1) is 12.4. The summed E-state index contributed by atoms with van der Waals surface area (Å²) in [5.74, 6) is 0.871. The molecule has 1 aromatic carbocycles. The highest BCUT2D eigenvalue weighted by atomic mass is 16.5. The quantitative estimate of drug-likeness (QED) is 0.851. The summed E-state index contributed by atoms with van der Waals surface area (Å²) >= 11 is 0. The van der Waals surface area contributed by atoms with Crippen molar-refractivity contribution in [3.8, 4) is 5.75 Å². The fourth-order valence-electron chi connectivity index (χ4n) is 2.33. The molecule has 1 aliphatic carbocycles. The summed E-state index contributed by atoms with van der Waals surface area (Å²) in [5.41, 5.74) is 0.723. The van der Waals surface area contributed by atoms with Crippen molar-refractivity contribution >= 4 is 0 Å². The molecule has 94 valence electrons. The summed E-state index contributed by atoms with van der Waals surface area (Å²) in [4.78, 5) is 0. The zero-order valence-corrected chi connectivity index (χ0v) is 10.5. The second kappa shape index (κ2) is 5.07. The minimum absolute atomic E-state index is 0.246. The second-order valence-corrected chi connectivity index (χ2v) is 4.84. The van der Waals surface area contributed by atoms with Gasteiger partial charge in [-0.3, -0.25) is 0 Å². The molecule has 0 unspecified atom stereocenters. The standard InChI is InChI=1S/C14H20O3/c1-16-12-5-3-11(4-6-12)7-8-14(15)9-13(10-14)17-2/h3-6,13,15H,7-10H2,1-2H3. The van der Waals surface area contributed by atoms with E-state index in [0.717, 1.165) is 31.4 Å². The molecule has 17 heavy (non-hydrogen) atoms. The average molecular weight is 236 g/mol. The van der Waals surface area contributed by atoms with Gasteiger partial charge in [-0.2, -0.15) is 0 Å². The topological polar surface area (TPSA) is 38.7 Å². The van der Waals surface area contributed by atoms with Crippen LogP contribution in [0, 0.1) is 0 Å². The molecule has 0 radical (unpaired) electrons. The van der Waals surface area contributed by atoms with Gasteiger partial charge in [0.25, 0.3) is 0 Å². The van der Waals surface area contributed by atoms with Crippen molar-refractivity contribution in [2.75, 3.05) is 14.2 Å². The number of aryl methyl sites for hydroxylation is 1. The van der Waals surface area contributed by atoms with Crippen LogP contribution in [0.1, 0.15) is 24.8 Å². The molecule has 0 aliphatic heterocycles. The third-order valence-electron chi connectivity index (χ3n) is 3.59. The lowest BCUT2D eigenvalue weighted by Crippen LogP contribution is -2.48. The molecule has 3 heteroatoms. The molecule has 2 rings (SSSR count). The molecule has 1 saturated carbocycles. The van der Waals surface area contributed by atoms with Crippen LogP contribution in [-0.2, 0) is 11.2 Å². The van der Waals surface area contributed by atoms with Gasteiger partial charge in [-0.1, -0.05) is 12.1 Å². The van der Waals surface area contributed by atoms with Gasteiger partial charge >= 0.3 is 0 Å². The van der Waals surface area contributed by atoms with Gasteiger partial charge in [0.1, 0.15) is 5.75 Å². The molecule has 1 N–H and O–H groups in total. The maximum Gasteiger partial charge on any atom is 0.118 e. The third-order valence-corrected chi connectivity index (χ3v) is 3.59. The number of hydrogen-bond acceptors (Lipinski definition) is 3. The van der Waals surface area contributed by atoms with Gasteiger partial charge in [-0.15, -0.1) is 0 Å². The first-order valence-corrected chi connectivity index (χ1v) is 6.03. The predicted molar refractivity (Wildman–Crippen MR) is 66.3 cm³/mol. The normalized spacial score (nSPS) is 27.6. The SMILES string of the molecule is COc1ccc(CCC2(O)CC(OC)C2)cc1. The lowest BCUT2D eigenvalue weighted by atomic mass is 9.74. The van der Waals surface area contributed by atoms with E-state index >= 15 is 0 Å². The Morgan fingerprint density at radius 1 is 1.24 bits per heavy atom. The number of hydrogen-bond donors (Lipinski definition) is 1. The highest BCUT2D eigenvalue weighted by Crippen LogP contribution is 2.37. The number of aliphatic hydroxyl groups is 1. The lowest BCUT2D eigenvalue weighted by Gasteiger charge is -2.42. The van der Waals surface area contributed by atoms with Crippen LogP contribution in [0.4, 0.5) is 0 Å². The van der Waals surface area contributed by atoms with Crippen LogP contribution in [0.2, 0.25) is 0 Å². The van der Waals surface area contributed by atoms with Crippen molar-refractivity contribution < 1.29 is 14.6 Å². The monoisotopic (exact) mass is 236 g/mol. The molecular weight excluding hydrogens is 216 g/mol. The predicted octanol–water partition coefficient (Wildman–Crippen LogP) is 2.17. The van der Waals surface area contributed by atoms with Crippen molar-refractivity contribution in [3.63, 3.8) is 0 Å². The van der Waals surface area contributed by atoms with Gasteiger partial charge in [0.05, 0.1) is 18.8 Å². The number of benzene rings is 1. The Morgan fingerprint density at radius 2 is 1.88 bits per heavy atom. The Morgan fingerprint density at radius 3 is 2.41 bits per heavy atom. The third kappa shape index (κ3) is 2.99. The van der Waals surface area contributed by atoms with E-state index in [1.165, 1.54) is 5.56 Å². The molecule has 0 aromatic heterocycles. The van der Waals surface area contributed by atoms with Crippen molar-refractivity contribution in [3.05, 3.63) is 29.8 Å². The van der Waals surface area contributed by atoms with E-state index in [1.807, 2.05) is 12.1 Å². The van der Waals surface area contributed by atoms with Crippen molar-refractivity contribution in [2.45, 2.75) is 37.4 Å². The van der Waals surface area contributed by atoms with E-state index in [1.54, 1.807) is 14.2 Å². The summed E-state index contributed by atoms with van der Waals surface area (Å²) in [5, 5.41) is 10.2. The van der Waals surface area contributed by atoms with Crippen molar-refractivity contribution in [2.24, 2.45) is 0 Å². The minimum atomic E-state index is -0.513. The van der Waals surface area contributed by atoms with Crippen LogP contribution in [0.15, 0.2) is 24.3 Å². The fourth-order valence-corrected chi connectivity index (χ4v) is 2.33. The van der Waals surface area contributed by atoms with Crippen molar-refractivity contribution in [1.82, 2.24) is 0 Å². The molecule has 0 amide bonds. The Balaban J connectivity index is 1.82. The van der Waals surface area contributed by atoms with E-state index in [4.69, 9.17) is 9.47 Å². The Bertz CT molecular complexity index is 352. The molecule has 0 spiro atoms. The summed E-state index contributed by atoms with van der Waals surface area (Å²) in [6, 6.07) is 8.01. The van der Waals surface area contributed by atoms with Crippen LogP contribution in [-0.4, -0.2) is 31.0 Å². The maximum absolute atomic E-state index is 10.2. The molecule has 0 atom stereocenters. The first-order chi connectivity index (χ1) is 8.15. The Labute approximate surface area is 102 Å². The molecule has 0 bridgehead atoms. The summed E-state index contributed by atoms with van der Waals surface area (Å²) in [6.45, 7) is 0. The Hall–Kier alpha value is -1.06. The highest BCUT2D eigenvalue weighted by molar-refractivity contribution is 5.27. The van der Waals surface area contributed by atoms with Gasteiger partial charge in [0.15, 0.2) is 0 Å². The van der Waals surface area contributed by atoms with Gasteiger partial charge in [0, 0.05) is 20.0 Å². The summed E-state index contributed by atoms with van der Waals surface area (Å²) in [7, 11) is 3.37. The molecule has 1 fully saturated rings. The maximum atomic E-state index is 10.2. The fraction of sp³-hybridized carbons (Fsp3) is 0.571. The van der Waals surface area contributed by atoms with Crippen LogP contribution < -0.4 is 4.74 Å². The van der Waals surface area contributed by atoms with Crippen LogP contribution >= 0.6 is 0 Å². The average Bonchev–Trinajstić information content (AvgIpc) is 2.33. The van der Waals surface area contributed by atoms with Crippen LogP contribution in [0.3, 0.4) is 0 Å². The first-order valence-electron chi connectivity index (χ1n) is 6.03. The van der Waals surface area contributed by atoms with Crippen LogP contribution in [0.25, 0.3) is 0 Å².